The Kier molecular flexibility index (Phi) is 5.18. The van der Waals surface area contributed by atoms with Crippen LogP contribution in [0.1, 0.15) is 24.8 Å². The van der Waals surface area contributed by atoms with Crippen molar-refractivity contribution in [2.75, 3.05) is 18.9 Å². The van der Waals surface area contributed by atoms with Crippen LogP contribution in [-0.2, 0) is 6.42 Å². The molecule has 0 aliphatic heterocycles. The summed E-state index contributed by atoms with van der Waals surface area (Å²) in [4.78, 5) is 19.4. The highest BCUT2D eigenvalue weighted by molar-refractivity contribution is 7.19. The van der Waals surface area contributed by atoms with E-state index in [9.17, 15) is 4.79 Å². The standard InChI is InChI=1S/C17H20N4O3S/c1-2-4-13-21-14-15(25-13)11-6-5-10(9-12(11)20-16(14)18)24-8-3-7-19-17(22)23/h5-6,9,19H,2-4,7-8H2,1H3,(H2,18,20)(H,22,23). The topological polar surface area (TPSA) is 110 Å². The largest absolute Gasteiger partial charge is 0.493 e. The van der Waals surface area contributed by atoms with Gasteiger partial charge in [0, 0.05) is 18.0 Å². The van der Waals surface area contributed by atoms with E-state index in [1.54, 1.807) is 11.3 Å². The maximum absolute atomic E-state index is 10.4. The first-order chi connectivity index (χ1) is 12.1. The molecule has 0 atom stereocenters. The first kappa shape index (κ1) is 17.2. The van der Waals surface area contributed by atoms with Gasteiger partial charge in [-0.25, -0.2) is 14.8 Å². The van der Waals surface area contributed by atoms with Crippen molar-refractivity contribution >= 4 is 44.4 Å². The number of aromatic nitrogens is 2. The number of fused-ring (bicyclic) bond motifs is 3. The van der Waals surface area contributed by atoms with Gasteiger partial charge in [0.2, 0.25) is 0 Å². The monoisotopic (exact) mass is 360 g/mol. The fraction of sp³-hybridized carbons (Fsp3) is 0.353. The van der Waals surface area contributed by atoms with Gasteiger partial charge in [0.15, 0.2) is 5.82 Å². The molecule has 0 spiro atoms. The number of carboxylic acid groups (broad SMARTS) is 1. The molecule has 8 heteroatoms. The van der Waals surface area contributed by atoms with Gasteiger partial charge >= 0.3 is 6.09 Å². The first-order valence-electron chi connectivity index (χ1n) is 8.16. The SMILES string of the molecule is CCCc1nc2c(N)nc3cc(OCCCNC(=O)O)ccc3c2s1. The van der Waals surface area contributed by atoms with Gasteiger partial charge in [-0.1, -0.05) is 6.92 Å². The Labute approximate surface area is 148 Å². The molecule has 3 aromatic rings. The summed E-state index contributed by atoms with van der Waals surface area (Å²) in [5.74, 6) is 1.12. The number of amides is 1. The molecule has 0 aliphatic carbocycles. The summed E-state index contributed by atoms with van der Waals surface area (Å²) in [6, 6.07) is 5.72. The number of rotatable bonds is 7. The maximum atomic E-state index is 10.4. The minimum Gasteiger partial charge on any atom is -0.493 e. The first-order valence-corrected chi connectivity index (χ1v) is 8.98. The van der Waals surface area contributed by atoms with Gasteiger partial charge in [-0.3, -0.25) is 0 Å². The van der Waals surface area contributed by atoms with Gasteiger partial charge in [-0.2, -0.15) is 0 Å². The second kappa shape index (κ2) is 7.52. The summed E-state index contributed by atoms with van der Waals surface area (Å²) in [7, 11) is 0. The molecule has 1 amide bonds. The van der Waals surface area contributed by atoms with Crippen LogP contribution in [0.4, 0.5) is 10.6 Å². The smallest absolute Gasteiger partial charge is 0.404 e. The van der Waals surface area contributed by atoms with E-state index >= 15 is 0 Å². The van der Waals surface area contributed by atoms with E-state index in [0.29, 0.717) is 31.1 Å². The third-order valence-corrected chi connectivity index (χ3v) is 4.85. The van der Waals surface area contributed by atoms with Gasteiger partial charge in [-0.05, 0) is 31.4 Å². The third-order valence-electron chi connectivity index (χ3n) is 3.70. The summed E-state index contributed by atoms with van der Waals surface area (Å²) in [6.45, 7) is 2.90. The summed E-state index contributed by atoms with van der Waals surface area (Å²) < 4.78 is 6.72. The molecule has 3 rings (SSSR count). The van der Waals surface area contributed by atoms with E-state index in [2.05, 4.69) is 22.2 Å². The number of aryl methyl sites for hydroxylation is 1. The number of nitrogens with zero attached hydrogens (tertiary/aromatic N) is 2. The van der Waals surface area contributed by atoms with E-state index in [1.165, 1.54) is 0 Å². The normalized spacial score (nSPS) is 11.1. The van der Waals surface area contributed by atoms with Gasteiger partial charge in [0.1, 0.15) is 11.3 Å². The van der Waals surface area contributed by atoms with Gasteiger partial charge in [-0.15, -0.1) is 11.3 Å². The van der Waals surface area contributed by atoms with Gasteiger partial charge in [0.25, 0.3) is 0 Å². The van der Waals surface area contributed by atoms with E-state index in [1.807, 2.05) is 18.2 Å². The Bertz CT molecular complexity index is 910. The van der Waals surface area contributed by atoms with Crippen LogP contribution in [0, 0.1) is 0 Å². The third kappa shape index (κ3) is 3.90. The van der Waals surface area contributed by atoms with Gasteiger partial charge in [0.05, 0.1) is 21.8 Å². The Morgan fingerprint density at radius 3 is 3.00 bits per heavy atom. The minimum absolute atomic E-state index is 0.357. The van der Waals surface area contributed by atoms with Crippen LogP contribution in [0.15, 0.2) is 18.2 Å². The number of pyridine rings is 1. The zero-order valence-electron chi connectivity index (χ0n) is 13.9. The molecule has 0 bridgehead atoms. The maximum Gasteiger partial charge on any atom is 0.404 e. The molecule has 0 saturated heterocycles. The minimum atomic E-state index is -1.03. The van der Waals surface area contributed by atoms with Crippen LogP contribution >= 0.6 is 11.3 Å². The van der Waals surface area contributed by atoms with Crippen molar-refractivity contribution < 1.29 is 14.6 Å². The Hall–Kier alpha value is -2.61. The summed E-state index contributed by atoms with van der Waals surface area (Å²) in [6.07, 6.45) is 1.54. The molecule has 2 heterocycles. The quantitative estimate of drug-likeness (QED) is 0.557. The van der Waals surface area contributed by atoms with Crippen molar-refractivity contribution in [3.05, 3.63) is 23.2 Å². The fourth-order valence-corrected chi connectivity index (χ4v) is 3.78. The number of nitrogen functional groups attached to an aromatic ring is 1. The highest BCUT2D eigenvalue weighted by atomic mass is 32.1. The van der Waals surface area contributed by atoms with E-state index < -0.39 is 6.09 Å². The van der Waals surface area contributed by atoms with Crippen molar-refractivity contribution in [3.63, 3.8) is 0 Å². The summed E-state index contributed by atoms with van der Waals surface area (Å²) in [5.41, 5.74) is 7.63. The van der Waals surface area contributed by atoms with E-state index in [4.69, 9.17) is 15.6 Å². The zero-order valence-corrected chi connectivity index (χ0v) is 14.7. The van der Waals surface area contributed by atoms with Crippen LogP contribution in [0.5, 0.6) is 5.75 Å². The highest BCUT2D eigenvalue weighted by Crippen LogP contribution is 2.34. The average molecular weight is 360 g/mol. The van der Waals surface area contributed by atoms with Crippen LogP contribution in [0.25, 0.3) is 21.1 Å². The number of thiazole rings is 1. The predicted molar refractivity (Wildman–Crippen MR) is 99.5 cm³/mol. The number of hydrogen-bond acceptors (Lipinski definition) is 6. The van der Waals surface area contributed by atoms with Gasteiger partial charge < -0.3 is 20.9 Å². The summed E-state index contributed by atoms with van der Waals surface area (Å²) in [5, 5.41) is 12.9. The molecule has 0 saturated carbocycles. The highest BCUT2D eigenvalue weighted by Gasteiger charge is 2.12. The van der Waals surface area contributed by atoms with Crippen molar-refractivity contribution in [1.29, 1.82) is 0 Å². The molecule has 132 valence electrons. The Morgan fingerprint density at radius 2 is 2.24 bits per heavy atom. The lowest BCUT2D eigenvalue weighted by molar-refractivity contribution is 0.193. The number of benzene rings is 1. The Balaban J connectivity index is 1.80. The Morgan fingerprint density at radius 1 is 1.40 bits per heavy atom. The molecule has 2 aromatic heterocycles. The average Bonchev–Trinajstić information content (AvgIpc) is 2.99. The molecule has 1 aromatic carbocycles. The van der Waals surface area contributed by atoms with Crippen molar-refractivity contribution in [1.82, 2.24) is 15.3 Å². The fourth-order valence-electron chi connectivity index (χ4n) is 2.57. The number of nitrogens with two attached hydrogens (primary N) is 1. The van der Waals surface area contributed by atoms with Crippen LogP contribution < -0.4 is 15.8 Å². The number of carbonyl (C=O) groups is 1. The molecular weight excluding hydrogens is 340 g/mol. The number of nitrogens with one attached hydrogen (secondary N) is 1. The number of anilines is 1. The predicted octanol–water partition coefficient (Wildman–Crippen LogP) is 3.42. The lowest BCUT2D eigenvalue weighted by Gasteiger charge is -2.08. The van der Waals surface area contributed by atoms with E-state index in [-0.39, 0.29) is 0 Å². The van der Waals surface area contributed by atoms with Crippen molar-refractivity contribution in [3.8, 4) is 5.75 Å². The molecule has 25 heavy (non-hydrogen) atoms. The van der Waals surface area contributed by atoms with Crippen molar-refractivity contribution in [2.45, 2.75) is 26.2 Å². The molecule has 0 radical (unpaired) electrons. The lowest BCUT2D eigenvalue weighted by Crippen LogP contribution is -2.23. The van der Waals surface area contributed by atoms with Crippen molar-refractivity contribution in [2.24, 2.45) is 0 Å². The number of ether oxygens (including phenoxy) is 1. The number of hydrogen-bond donors (Lipinski definition) is 3. The molecule has 0 aliphatic rings. The van der Waals surface area contributed by atoms with Crippen LogP contribution in [0.2, 0.25) is 0 Å². The molecule has 4 N–H and O–H groups in total. The summed E-state index contributed by atoms with van der Waals surface area (Å²) >= 11 is 1.66. The lowest BCUT2D eigenvalue weighted by atomic mass is 10.2. The van der Waals surface area contributed by atoms with Crippen LogP contribution in [0.3, 0.4) is 0 Å². The molecule has 0 fully saturated rings. The van der Waals surface area contributed by atoms with E-state index in [0.717, 1.165) is 39.0 Å². The molecule has 7 nitrogen and oxygen atoms in total. The second-order valence-corrected chi connectivity index (χ2v) is 6.73. The molecule has 0 unspecified atom stereocenters. The zero-order chi connectivity index (χ0) is 17.8. The van der Waals surface area contributed by atoms with Crippen LogP contribution in [-0.4, -0.2) is 34.3 Å². The molecular formula is C17H20N4O3S. The second-order valence-electron chi connectivity index (χ2n) is 5.65.